The molecule has 0 spiro atoms. The fraction of sp³-hybridized carbons (Fsp3) is 0.176. The molecule has 0 saturated heterocycles. The highest BCUT2D eigenvalue weighted by molar-refractivity contribution is 5.97. The molecule has 0 aromatic heterocycles. The van der Waals surface area contributed by atoms with Crippen molar-refractivity contribution in [2.45, 2.75) is 12.6 Å². The Balaban J connectivity index is 2.08. The van der Waals surface area contributed by atoms with Crippen LogP contribution in [0, 0.1) is 0 Å². The van der Waals surface area contributed by atoms with Crippen LogP contribution in [0.2, 0.25) is 0 Å². The maximum absolute atomic E-state index is 12.7. The minimum atomic E-state index is -4.45. The molecular weight excluding hydrogens is 321 g/mol. The zero-order chi connectivity index (χ0) is 17.7. The molecule has 24 heavy (non-hydrogen) atoms. The minimum Gasteiger partial charge on any atom is -0.355 e. The Morgan fingerprint density at radius 1 is 1.04 bits per heavy atom. The standard InChI is InChI=1S/C17H15F3N2O2/c1-21-16(24)12-5-3-7-14(10-12)22-15(23)9-11-4-2-6-13(8-11)17(18,19)20/h2-8,10H,9H2,1H3,(H,21,24)(H,22,23). The van der Waals surface area contributed by atoms with E-state index in [4.69, 9.17) is 0 Å². The third-order valence-electron chi connectivity index (χ3n) is 3.25. The second-order valence-electron chi connectivity index (χ2n) is 5.08. The van der Waals surface area contributed by atoms with Crippen LogP contribution in [0.3, 0.4) is 0 Å². The van der Waals surface area contributed by atoms with Gasteiger partial charge in [-0.15, -0.1) is 0 Å². The van der Waals surface area contributed by atoms with Crippen molar-refractivity contribution in [2.24, 2.45) is 0 Å². The largest absolute Gasteiger partial charge is 0.416 e. The van der Waals surface area contributed by atoms with Crippen LogP contribution in [0.5, 0.6) is 0 Å². The van der Waals surface area contributed by atoms with Crippen molar-refractivity contribution in [3.05, 3.63) is 65.2 Å². The Hall–Kier alpha value is -2.83. The summed E-state index contributed by atoms with van der Waals surface area (Å²) in [6, 6.07) is 10.9. The highest BCUT2D eigenvalue weighted by Crippen LogP contribution is 2.29. The maximum Gasteiger partial charge on any atom is 0.416 e. The third kappa shape index (κ3) is 4.58. The number of carbonyl (C=O) groups is 2. The lowest BCUT2D eigenvalue weighted by Crippen LogP contribution is -2.19. The number of alkyl halides is 3. The van der Waals surface area contributed by atoms with E-state index >= 15 is 0 Å². The number of carbonyl (C=O) groups excluding carboxylic acids is 2. The van der Waals surface area contributed by atoms with Crippen molar-refractivity contribution < 1.29 is 22.8 Å². The molecular formula is C17H15F3N2O2. The highest BCUT2D eigenvalue weighted by Gasteiger charge is 2.30. The molecule has 2 aromatic rings. The number of rotatable bonds is 4. The van der Waals surface area contributed by atoms with Crippen LogP contribution < -0.4 is 10.6 Å². The van der Waals surface area contributed by atoms with Gasteiger partial charge in [-0.05, 0) is 29.8 Å². The third-order valence-corrected chi connectivity index (χ3v) is 3.25. The van der Waals surface area contributed by atoms with Crippen LogP contribution in [-0.2, 0) is 17.4 Å². The quantitative estimate of drug-likeness (QED) is 0.900. The van der Waals surface area contributed by atoms with Gasteiger partial charge in [0, 0.05) is 18.3 Å². The van der Waals surface area contributed by atoms with Gasteiger partial charge < -0.3 is 10.6 Å². The number of nitrogens with one attached hydrogen (secondary N) is 2. The van der Waals surface area contributed by atoms with E-state index in [1.165, 1.54) is 25.2 Å². The second-order valence-corrected chi connectivity index (χ2v) is 5.08. The molecule has 0 atom stereocenters. The normalized spacial score (nSPS) is 11.0. The molecule has 0 radical (unpaired) electrons. The summed E-state index contributed by atoms with van der Waals surface area (Å²) in [6.07, 6.45) is -4.65. The van der Waals surface area contributed by atoms with E-state index in [2.05, 4.69) is 10.6 Å². The molecule has 2 amide bonds. The van der Waals surface area contributed by atoms with Gasteiger partial charge in [0.15, 0.2) is 0 Å². The monoisotopic (exact) mass is 336 g/mol. The van der Waals surface area contributed by atoms with E-state index in [1.807, 2.05) is 0 Å². The second kappa shape index (κ2) is 7.16. The van der Waals surface area contributed by atoms with Gasteiger partial charge in [0.25, 0.3) is 5.91 Å². The Morgan fingerprint density at radius 2 is 1.75 bits per heavy atom. The van der Waals surface area contributed by atoms with Gasteiger partial charge in [-0.1, -0.05) is 24.3 Å². The number of benzene rings is 2. The molecule has 126 valence electrons. The molecule has 7 heteroatoms. The van der Waals surface area contributed by atoms with E-state index in [0.29, 0.717) is 11.3 Å². The Bertz CT molecular complexity index is 757. The molecule has 2 rings (SSSR count). The van der Waals surface area contributed by atoms with Crippen LogP contribution in [0.25, 0.3) is 0 Å². The molecule has 0 aliphatic carbocycles. The zero-order valence-corrected chi connectivity index (χ0v) is 12.8. The lowest BCUT2D eigenvalue weighted by molar-refractivity contribution is -0.137. The predicted molar refractivity (Wildman–Crippen MR) is 83.6 cm³/mol. The number of anilines is 1. The molecule has 0 heterocycles. The van der Waals surface area contributed by atoms with Gasteiger partial charge in [0.2, 0.25) is 5.91 Å². The summed E-state index contributed by atoms with van der Waals surface area (Å²) in [5.74, 6) is -0.771. The predicted octanol–water partition coefficient (Wildman–Crippen LogP) is 3.25. The smallest absolute Gasteiger partial charge is 0.355 e. The summed E-state index contributed by atoms with van der Waals surface area (Å²) < 4.78 is 38.0. The zero-order valence-electron chi connectivity index (χ0n) is 12.8. The summed E-state index contributed by atoms with van der Waals surface area (Å²) in [5.41, 5.74) is 0.224. The molecule has 0 bridgehead atoms. The fourth-order valence-electron chi connectivity index (χ4n) is 2.13. The number of amides is 2. The Labute approximate surface area is 136 Å². The lowest BCUT2D eigenvalue weighted by atomic mass is 10.1. The van der Waals surface area contributed by atoms with Crippen LogP contribution in [0.4, 0.5) is 18.9 Å². The Morgan fingerprint density at radius 3 is 2.42 bits per heavy atom. The van der Waals surface area contributed by atoms with Crippen LogP contribution in [0.1, 0.15) is 21.5 Å². The molecule has 4 nitrogen and oxygen atoms in total. The van der Waals surface area contributed by atoms with Gasteiger partial charge >= 0.3 is 6.18 Å². The molecule has 2 N–H and O–H groups in total. The Kier molecular flexibility index (Phi) is 5.23. The summed E-state index contributed by atoms with van der Waals surface area (Å²) in [6.45, 7) is 0. The topological polar surface area (TPSA) is 58.2 Å². The van der Waals surface area contributed by atoms with E-state index in [-0.39, 0.29) is 17.9 Å². The first-order valence-electron chi connectivity index (χ1n) is 7.08. The van der Waals surface area contributed by atoms with Crippen molar-refractivity contribution in [3.63, 3.8) is 0 Å². The van der Waals surface area contributed by atoms with Crippen molar-refractivity contribution in [2.75, 3.05) is 12.4 Å². The summed E-state index contributed by atoms with van der Waals surface area (Å²) in [7, 11) is 1.49. The SMILES string of the molecule is CNC(=O)c1cccc(NC(=O)Cc2cccc(C(F)(F)F)c2)c1. The molecule has 0 aliphatic heterocycles. The first-order valence-corrected chi connectivity index (χ1v) is 7.08. The van der Waals surface area contributed by atoms with Gasteiger partial charge in [-0.3, -0.25) is 9.59 Å². The average molecular weight is 336 g/mol. The number of halogens is 3. The van der Waals surface area contributed by atoms with Crippen LogP contribution in [-0.4, -0.2) is 18.9 Å². The van der Waals surface area contributed by atoms with E-state index in [9.17, 15) is 22.8 Å². The van der Waals surface area contributed by atoms with Crippen molar-refractivity contribution >= 4 is 17.5 Å². The van der Waals surface area contributed by atoms with E-state index in [0.717, 1.165) is 12.1 Å². The first kappa shape index (κ1) is 17.5. The molecule has 0 unspecified atom stereocenters. The fourth-order valence-corrected chi connectivity index (χ4v) is 2.13. The van der Waals surface area contributed by atoms with Crippen molar-refractivity contribution in [1.29, 1.82) is 0 Å². The minimum absolute atomic E-state index is 0.200. The van der Waals surface area contributed by atoms with E-state index < -0.39 is 17.6 Å². The molecule has 0 fully saturated rings. The first-order chi connectivity index (χ1) is 11.3. The van der Waals surface area contributed by atoms with Gasteiger partial charge in [0.05, 0.1) is 12.0 Å². The van der Waals surface area contributed by atoms with Crippen LogP contribution >= 0.6 is 0 Å². The van der Waals surface area contributed by atoms with Crippen molar-refractivity contribution in [1.82, 2.24) is 5.32 Å². The summed E-state index contributed by atoms with van der Waals surface area (Å²) >= 11 is 0. The van der Waals surface area contributed by atoms with Crippen molar-refractivity contribution in [3.8, 4) is 0 Å². The van der Waals surface area contributed by atoms with E-state index in [1.54, 1.807) is 18.2 Å². The molecule has 0 saturated carbocycles. The highest BCUT2D eigenvalue weighted by atomic mass is 19.4. The molecule has 0 aliphatic rings. The number of hydrogen-bond acceptors (Lipinski definition) is 2. The van der Waals surface area contributed by atoms with Crippen LogP contribution in [0.15, 0.2) is 48.5 Å². The number of hydrogen-bond donors (Lipinski definition) is 2. The van der Waals surface area contributed by atoms with Gasteiger partial charge in [-0.2, -0.15) is 13.2 Å². The molecule has 2 aromatic carbocycles. The lowest BCUT2D eigenvalue weighted by Gasteiger charge is -2.10. The summed E-state index contributed by atoms with van der Waals surface area (Å²) in [4.78, 5) is 23.5. The van der Waals surface area contributed by atoms with Gasteiger partial charge in [0.1, 0.15) is 0 Å². The van der Waals surface area contributed by atoms with Gasteiger partial charge in [-0.25, -0.2) is 0 Å². The summed E-state index contributed by atoms with van der Waals surface area (Å²) in [5, 5.41) is 5.03. The average Bonchev–Trinajstić information content (AvgIpc) is 2.53. The maximum atomic E-state index is 12.7.